The van der Waals surface area contributed by atoms with Crippen LogP contribution in [0, 0.1) is 33.5 Å². The molecule has 0 fully saturated rings. The smallest absolute Gasteiger partial charge is 0.175 e. The van der Waals surface area contributed by atoms with E-state index in [9.17, 15) is 53.7 Å². The Labute approximate surface area is 856 Å². The summed E-state index contributed by atoms with van der Waals surface area (Å²) in [6.45, 7) is 45.2. The molecule has 21 heteroatoms. The topological polar surface area (TPSA) is 286 Å². The fourth-order valence-electron chi connectivity index (χ4n) is 19.1. The van der Waals surface area contributed by atoms with Gasteiger partial charge in [-0.3, -0.25) is 0 Å². The summed E-state index contributed by atoms with van der Waals surface area (Å²) >= 11 is 0. The zero-order chi connectivity index (χ0) is 105. The van der Waals surface area contributed by atoms with Gasteiger partial charge in [0.1, 0.15) is 143 Å². The van der Waals surface area contributed by atoms with E-state index >= 15 is 0 Å². The number of phenolic OH excluding ortho intramolecular Hbond substituents is 8. The molecule has 0 radical (unpaired) electrons. The van der Waals surface area contributed by atoms with Crippen molar-refractivity contribution in [1.29, 1.82) is 0 Å². The molecule has 768 valence electrons. The van der Waals surface area contributed by atoms with Crippen LogP contribution in [0.2, 0.25) is 0 Å². The maximum Gasteiger partial charge on any atom is 0.175 e. The average molecular weight is 1990 g/mol. The zero-order valence-corrected chi connectivity index (χ0v) is 89.4. The number of halogens is 1. The van der Waals surface area contributed by atoms with Crippen molar-refractivity contribution in [2.45, 2.75) is 311 Å². The lowest BCUT2D eigenvalue weighted by molar-refractivity contribution is 0.0829. The SMILES string of the molecule is CC(C)c1cccc(-c2cc(O)c3c(c2)OC(C)(C)CC3)c1.CC1(C)CCc2c(O)cc(-c3cc[nH]c3)cc2O1.CC1(C)CCc2c(O)cc(-c3ccccc3)cc2O1.CC1(C)CCc2c(O)cc(S(C)(=O)=O)cc2O1.Cc1cc(F)cc(-c2cc(O)c3c(c2)OC(C)(C)CC3)c1.Cc1cc(O)c2c(c1)OC(C)(C)CC2.Cc1cc(O)c2c(c1)OC(C)(C)CC2.Cc1ccc(-c2cc(O)c3c(c2)OC(C)(C)CC3)cc1. The van der Waals surface area contributed by atoms with Crippen LogP contribution in [-0.4, -0.2) is 105 Å². The van der Waals surface area contributed by atoms with Gasteiger partial charge in [0, 0.05) is 63.2 Å². The highest BCUT2D eigenvalue weighted by molar-refractivity contribution is 7.90. The predicted octanol–water partition coefficient (Wildman–Crippen LogP) is 29.5. The number of sulfone groups is 1. The average Bonchev–Trinajstić information content (AvgIpc) is 1.73. The molecule has 8 aliphatic heterocycles. The van der Waals surface area contributed by atoms with Crippen LogP contribution in [0.1, 0.15) is 254 Å². The van der Waals surface area contributed by atoms with Gasteiger partial charge in [0.15, 0.2) is 9.84 Å². The summed E-state index contributed by atoms with van der Waals surface area (Å²) in [6, 6.07) is 63.1. The molecule has 0 saturated heterocycles. The van der Waals surface area contributed by atoms with E-state index in [1.807, 2.05) is 164 Å². The summed E-state index contributed by atoms with van der Waals surface area (Å²) in [5.41, 5.74) is 21.1. The molecule has 19 nitrogen and oxygen atoms in total. The Balaban J connectivity index is 0.000000132. The van der Waals surface area contributed by atoms with E-state index < -0.39 is 9.84 Å². The van der Waals surface area contributed by atoms with E-state index in [2.05, 4.69) is 163 Å². The lowest BCUT2D eigenvalue weighted by Crippen LogP contribution is -2.32. The van der Waals surface area contributed by atoms with Gasteiger partial charge in [0.2, 0.25) is 0 Å². The van der Waals surface area contributed by atoms with E-state index in [0.29, 0.717) is 63.9 Å². The van der Waals surface area contributed by atoms with Gasteiger partial charge >= 0.3 is 0 Å². The molecule has 9 heterocycles. The number of H-pyrrole nitrogens is 1. The number of aromatic amines is 1. The first-order valence-electron chi connectivity index (χ1n) is 50.6. The minimum Gasteiger partial charge on any atom is -0.508 e. The summed E-state index contributed by atoms with van der Waals surface area (Å²) in [5, 5.41) is 80.4. The van der Waals surface area contributed by atoms with Crippen LogP contribution in [0.4, 0.5) is 4.39 Å². The first-order valence-corrected chi connectivity index (χ1v) is 52.4. The molecule has 13 aromatic rings. The van der Waals surface area contributed by atoms with Crippen molar-refractivity contribution >= 4 is 9.84 Å². The van der Waals surface area contributed by atoms with E-state index in [1.54, 1.807) is 18.2 Å². The van der Waals surface area contributed by atoms with E-state index in [-0.39, 0.29) is 67.0 Å². The number of hydrogen-bond donors (Lipinski definition) is 9. The van der Waals surface area contributed by atoms with E-state index in [0.717, 1.165) is 248 Å². The highest BCUT2D eigenvalue weighted by Gasteiger charge is 2.38. The first-order chi connectivity index (χ1) is 67.9. The molecule has 1 aromatic heterocycles. The van der Waals surface area contributed by atoms with E-state index in [1.165, 1.54) is 35.4 Å². The molecule has 21 rings (SSSR count). The fraction of sp³-hybridized carbons (Fsp3) is 0.387. The Morgan fingerprint density at radius 3 is 0.848 bits per heavy atom. The third-order valence-electron chi connectivity index (χ3n) is 27.8. The Bertz CT molecular complexity index is 6890. The second kappa shape index (κ2) is 42.7. The normalized spacial score (nSPS) is 17.1. The van der Waals surface area contributed by atoms with E-state index in [4.69, 9.17) is 37.9 Å². The van der Waals surface area contributed by atoms with Gasteiger partial charge in [-0.15, -0.1) is 0 Å². The molecule has 8 aliphatic rings. The minimum absolute atomic E-state index is 0.00146. The van der Waals surface area contributed by atoms with Crippen molar-refractivity contribution in [3.63, 3.8) is 0 Å². The summed E-state index contributed by atoms with van der Waals surface area (Å²) in [7, 11) is -3.34. The summed E-state index contributed by atoms with van der Waals surface area (Å²) < 4.78 is 83.9. The Hall–Kier alpha value is -13.4. The van der Waals surface area contributed by atoms with Crippen molar-refractivity contribution in [3.8, 4) is 148 Å². The van der Waals surface area contributed by atoms with Crippen molar-refractivity contribution < 1.29 is 91.6 Å². The van der Waals surface area contributed by atoms with Crippen LogP contribution >= 0.6 is 0 Å². The molecule has 0 atom stereocenters. The molecule has 0 unspecified atom stereocenters. The monoisotopic (exact) mass is 1990 g/mol. The molecule has 12 aromatic carbocycles. The fourth-order valence-corrected chi connectivity index (χ4v) is 19.8. The van der Waals surface area contributed by atoms with Gasteiger partial charge in [0.25, 0.3) is 0 Å². The molecule has 0 spiro atoms. The number of aromatic nitrogens is 1. The van der Waals surface area contributed by atoms with Crippen LogP contribution in [0.5, 0.6) is 92.0 Å². The summed E-state index contributed by atoms with van der Waals surface area (Å²) in [4.78, 5) is 3.11. The van der Waals surface area contributed by atoms with Gasteiger partial charge in [-0.05, 0) is 440 Å². The van der Waals surface area contributed by atoms with Crippen molar-refractivity contribution in [3.05, 3.63) is 291 Å². The number of benzene rings is 12. The maximum absolute atomic E-state index is 13.6. The quantitative estimate of drug-likeness (QED) is 0.0717. The summed E-state index contributed by atoms with van der Waals surface area (Å²) in [6.07, 6.45) is 18.9. The first kappa shape index (κ1) is 107. The van der Waals surface area contributed by atoms with Crippen LogP contribution in [0.25, 0.3) is 55.6 Å². The molecule has 9 N–H and O–H groups in total. The molecule has 0 saturated carbocycles. The standard InChI is InChI=1S/C20H24O2.C18H19FO2.C18H20O2.C17H18O2.C15H17NO2.C12H16O4S.2C12H16O2/c1-13(2)14-6-5-7-15(10-14)16-11-18(21)17-8-9-20(3,4)22-19(17)12-16;1-11-6-12(8-14(19)7-11)13-9-16(20)15-4-5-18(2,3)21-17(15)10-13;1-12-4-6-13(7-5-12)14-10-16(19)15-8-9-18(2,3)20-17(15)11-14;1-17(2)9-8-14-15(18)10-13(11-16(14)19-17)12-6-4-3-5-7-12;1-15(2)5-3-12-13(17)7-11(8-14(12)18-15)10-4-6-16-9-10;1-12(2)5-4-9-10(13)6-8(17(3,14)15)7-11(9)16-12;2*1-8-6-10(13)9-4-5-12(2,3)14-11(9)7-8/h5-7,10-13,21H,8-9H2,1-4H3;6-10,20H,4-5H2,1-3H3;4-7,10-11,19H,8-9H2,1-3H3;3-7,10-11,18H,8-9H2,1-2H3;4,6-9,16-17H,3,5H2,1-2H3;6-7,13H,4-5H2,1-3H3;2*6-7,13H,4-5H2,1-3H3. The second-order valence-corrected chi connectivity index (χ2v) is 47.1. The van der Waals surface area contributed by atoms with Gasteiger partial charge in [0.05, 0.1) is 4.90 Å². The van der Waals surface area contributed by atoms with Gasteiger partial charge in [-0.2, -0.15) is 0 Å². The summed E-state index contributed by atoms with van der Waals surface area (Å²) in [5.74, 6) is 8.66. The number of fused-ring (bicyclic) bond motifs is 8. The molecular formula is C124H146FNO18S. The third kappa shape index (κ3) is 27.6. The van der Waals surface area contributed by atoms with Crippen molar-refractivity contribution in [1.82, 2.24) is 4.98 Å². The molecular weight excluding hydrogens is 1840 g/mol. The van der Waals surface area contributed by atoms with Gasteiger partial charge < -0.3 is 83.7 Å². The number of phenols is 8. The Morgan fingerprint density at radius 1 is 0.269 bits per heavy atom. The van der Waals surface area contributed by atoms with Crippen molar-refractivity contribution in [2.75, 3.05) is 6.26 Å². The highest BCUT2D eigenvalue weighted by Crippen LogP contribution is 2.50. The molecule has 0 bridgehead atoms. The third-order valence-corrected chi connectivity index (χ3v) is 28.9. The number of ether oxygens (including phenoxy) is 8. The highest BCUT2D eigenvalue weighted by atomic mass is 32.2. The zero-order valence-electron chi connectivity index (χ0n) is 88.5. The Kier molecular flexibility index (Phi) is 31.6. The number of hydrogen-bond acceptors (Lipinski definition) is 18. The van der Waals surface area contributed by atoms with Crippen LogP contribution in [0.15, 0.2) is 217 Å². The molecule has 0 amide bonds. The van der Waals surface area contributed by atoms with Gasteiger partial charge in [-0.1, -0.05) is 104 Å². The molecule has 145 heavy (non-hydrogen) atoms. The van der Waals surface area contributed by atoms with Crippen LogP contribution < -0.4 is 37.9 Å². The second-order valence-electron chi connectivity index (χ2n) is 45.1. The minimum atomic E-state index is -3.34. The van der Waals surface area contributed by atoms with Gasteiger partial charge in [-0.25, -0.2) is 12.8 Å². The largest absolute Gasteiger partial charge is 0.508 e. The lowest BCUT2D eigenvalue weighted by atomic mass is 9.91. The predicted molar refractivity (Wildman–Crippen MR) is 577 cm³/mol. The Morgan fingerprint density at radius 2 is 0.538 bits per heavy atom. The number of aromatic hydroxyl groups is 8. The number of rotatable bonds is 7. The van der Waals surface area contributed by atoms with Crippen LogP contribution in [0.3, 0.4) is 0 Å². The number of aryl methyl sites for hydroxylation is 4. The molecule has 0 aliphatic carbocycles. The van der Waals surface area contributed by atoms with Crippen LogP contribution in [-0.2, 0) is 61.2 Å². The maximum atomic E-state index is 13.6. The lowest BCUT2D eigenvalue weighted by Gasteiger charge is -2.33. The number of nitrogens with one attached hydrogen (secondary N) is 1. The van der Waals surface area contributed by atoms with Crippen molar-refractivity contribution in [2.24, 2.45) is 0 Å².